The van der Waals surface area contributed by atoms with Crippen LogP contribution in [0.4, 0.5) is 4.79 Å². The number of ether oxygens (including phenoxy) is 3. The van der Waals surface area contributed by atoms with Crippen LogP contribution in [-0.2, 0) is 30.4 Å². The van der Waals surface area contributed by atoms with E-state index in [1.807, 2.05) is 18.2 Å². The predicted molar refractivity (Wildman–Crippen MR) is 81.3 cm³/mol. The Morgan fingerprint density at radius 2 is 1.91 bits per heavy atom. The number of methoxy groups -OCH3 is 1. The lowest BCUT2D eigenvalue weighted by atomic mass is 10.2. The molecule has 1 aromatic carbocycles. The molecule has 1 atom stereocenters. The first kappa shape index (κ1) is 18.2. The van der Waals surface area contributed by atoms with Crippen LogP contribution in [0.5, 0.6) is 0 Å². The molecule has 1 N–H and O–H groups in total. The molecule has 0 aliphatic rings. The smallest absolute Gasteiger partial charge is 0.408 e. The van der Waals surface area contributed by atoms with Crippen molar-refractivity contribution in [2.75, 3.05) is 13.7 Å². The third kappa shape index (κ3) is 7.12. The number of carbonyl (C=O) groups is 3. The summed E-state index contributed by atoms with van der Waals surface area (Å²) in [6.07, 6.45) is 0.203. The van der Waals surface area contributed by atoms with Crippen molar-refractivity contribution in [1.82, 2.24) is 5.32 Å². The van der Waals surface area contributed by atoms with Gasteiger partial charge in [-0.15, -0.1) is 0 Å². The molecular formula is C16H19NO6. The van der Waals surface area contributed by atoms with Gasteiger partial charge in [-0.2, -0.15) is 0 Å². The fourth-order valence-corrected chi connectivity index (χ4v) is 1.62. The van der Waals surface area contributed by atoms with Crippen molar-refractivity contribution in [3.8, 4) is 0 Å². The number of hydrogen-bond donors (Lipinski definition) is 1. The quantitative estimate of drug-likeness (QED) is 0.444. The zero-order valence-corrected chi connectivity index (χ0v) is 12.8. The lowest BCUT2D eigenvalue weighted by Crippen LogP contribution is -2.43. The summed E-state index contributed by atoms with van der Waals surface area (Å²) < 4.78 is 14.3. The van der Waals surface area contributed by atoms with Crippen LogP contribution in [-0.4, -0.2) is 37.8 Å². The summed E-state index contributed by atoms with van der Waals surface area (Å²) in [5.41, 5.74) is 0.794. The van der Waals surface area contributed by atoms with Crippen molar-refractivity contribution in [3.63, 3.8) is 0 Å². The summed E-state index contributed by atoms with van der Waals surface area (Å²) in [6, 6.07) is 7.86. The fourth-order valence-electron chi connectivity index (χ4n) is 1.62. The number of amides is 1. The average molecular weight is 321 g/mol. The Kier molecular flexibility index (Phi) is 7.91. The van der Waals surface area contributed by atoms with E-state index < -0.39 is 24.1 Å². The minimum absolute atomic E-state index is 0.0190. The number of esters is 2. The normalized spacial score (nSPS) is 11.0. The van der Waals surface area contributed by atoms with E-state index >= 15 is 0 Å². The van der Waals surface area contributed by atoms with Crippen LogP contribution in [0.2, 0.25) is 0 Å². The minimum Gasteiger partial charge on any atom is -0.467 e. The minimum atomic E-state index is -1.18. The van der Waals surface area contributed by atoms with Crippen LogP contribution in [0.3, 0.4) is 0 Å². The van der Waals surface area contributed by atoms with E-state index in [4.69, 9.17) is 9.47 Å². The number of carbonyl (C=O) groups excluding carboxylic acids is 3. The zero-order chi connectivity index (χ0) is 17.1. The Labute approximate surface area is 134 Å². The second-order valence-corrected chi connectivity index (χ2v) is 4.46. The molecule has 0 spiro atoms. The third-order valence-corrected chi connectivity index (χ3v) is 2.72. The van der Waals surface area contributed by atoms with Gasteiger partial charge in [-0.1, -0.05) is 43.0 Å². The SMILES string of the molecule is C=CCOC(=O)C[C@H](NC(=O)OCc1ccccc1)C(=O)OC. The van der Waals surface area contributed by atoms with Crippen molar-refractivity contribution in [2.45, 2.75) is 19.1 Å². The molecule has 0 heterocycles. The zero-order valence-electron chi connectivity index (χ0n) is 12.8. The molecule has 124 valence electrons. The summed E-state index contributed by atoms with van der Waals surface area (Å²) in [5.74, 6) is -1.43. The first-order chi connectivity index (χ1) is 11.1. The molecule has 0 aliphatic heterocycles. The lowest BCUT2D eigenvalue weighted by molar-refractivity contribution is -0.150. The van der Waals surface area contributed by atoms with Gasteiger partial charge in [0.1, 0.15) is 19.3 Å². The highest BCUT2D eigenvalue weighted by atomic mass is 16.6. The van der Waals surface area contributed by atoms with Gasteiger partial charge in [-0.05, 0) is 5.56 Å². The number of hydrogen-bond acceptors (Lipinski definition) is 6. The second-order valence-electron chi connectivity index (χ2n) is 4.46. The van der Waals surface area contributed by atoms with Crippen molar-refractivity contribution in [2.24, 2.45) is 0 Å². The summed E-state index contributed by atoms with van der Waals surface area (Å²) in [5, 5.41) is 2.28. The molecule has 1 aromatic rings. The molecular weight excluding hydrogens is 302 g/mol. The molecule has 0 radical (unpaired) electrons. The Balaban J connectivity index is 2.51. The van der Waals surface area contributed by atoms with Crippen molar-refractivity contribution in [3.05, 3.63) is 48.6 Å². The van der Waals surface area contributed by atoms with Crippen LogP contribution < -0.4 is 5.32 Å². The van der Waals surface area contributed by atoms with Crippen molar-refractivity contribution in [1.29, 1.82) is 0 Å². The summed E-state index contributed by atoms with van der Waals surface area (Å²) in [6.45, 7) is 3.47. The molecule has 23 heavy (non-hydrogen) atoms. The molecule has 1 amide bonds. The summed E-state index contributed by atoms with van der Waals surface area (Å²) in [7, 11) is 1.15. The molecule has 7 heteroatoms. The lowest BCUT2D eigenvalue weighted by Gasteiger charge is -2.15. The van der Waals surface area contributed by atoms with Gasteiger partial charge in [0, 0.05) is 0 Å². The maximum Gasteiger partial charge on any atom is 0.408 e. The standard InChI is InChI=1S/C16H19NO6/c1-3-9-22-14(18)10-13(15(19)21-2)17-16(20)23-11-12-7-5-4-6-8-12/h3-8,13H,1,9-11H2,2H3,(H,17,20)/t13-/m0/s1. The molecule has 0 saturated carbocycles. The Morgan fingerprint density at radius 3 is 2.52 bits per heavy atom. The van der Waals surface area contributed by atoms with Gasteiger partial charge in [0.05, 0.1) is 13.5 Å². The van der Waals surface area contributed by atoms with E-state index in [1.54, 1.807) is 12.1 Å². The second kappa shape index (κ2) is 9.99. The van der Waals surface area contributed by atoms with E-state index in [0.717, 1.165) is 12.7 Å². The largest absolute Gasteiger partial charge is 0.467 e. The van der Waals surface area contributed by atoms with Crippen LogP contribution >= 0.6 is 0 Å². The molecule has 0 aromatic heterocycles. The van der Waals surface area contributed by atoms with Crippen molar-refractivity contribution >= 4 is 18.0 Å². The molecule has 1 rings (SSSR count). The highest BCUT2D eigenvalue weighted by Gasteiger charge is 2.26. The number of nitrogens with one attached hydrogen (secondary N) is 1. The molecule has 0 aliphatic carbocycles. The van der Waals surface area contributed by atoms with Gasteiger partial charge in [0.25, 0.3) is 0 Å². The topological polar surface area (TPSA) is 90.9 Å². The number of benzene rings is 1. The summed E-state index contributed by atoms with van der Waals surface area (Å²) >= 11 is 0. The molecule has 0 unspecified atom stereocenters. The van der Waals surface area contributed by atoms with Gasteiger partial charge >= 0.3 is 18.0 Å². The van der Waals surface area contributed by atoms with E-state index in [9.17, 15) is 14.4 Å². The van der Waals surface area contributed by atoms with Gasteiger partial charge in [-0.25, -0.2) is 9.59 Å². The van der Waals surface area contributed by atoms with E-state index in [0.29, 0.717) is 0 Å². The molecule has 0 bridgehead atoms. The summed E-state index contributed by atoms with van der Waals surface area (Å²) in [4.78, 5) is 34.9. The number of rotatable bonds is 8. The van der Waals surface area contributed by atoms with Gasteiger partial charge in [0.2, 0.25) is 0 Å². The Morgan fingerprint density at radius 1 is 1.22 bits per heavy atom. The molecule has 0 saturated heterocycles. The van der Waals surface area contributed by atoms with Crippen LogP contribution in [0.25, 0.3) is 0 Å². The molecule has 7 nitrogen and oxygen atoms in total. The van der Waals surface area contributed by atoms with Gasteiger partial charge < -0.3 is 19.5 Å². The average Bonchev–Trinajstić information content (AvgIpc) is 2.57. The van der Waals surface area contributed by atoms with Crippen LogP contribution in [0.1, 0.15) is 12.0 Å². The van der Waals surface area contributed by atoms with Gasteiger partial charge in [0.15, 0.2) is 0 Å². The Hall–Kier alpha value is -2.83. The maximum atomic E-state index is 11.7. The third-order valence-electron chi connectivity index (χ3n) is 2.72. The Bertz CT molecular complexity index is 543. The van der Waals surface area contributed by atoms with E-state index in [1.165, 1.54) is 6.08 Å². The first-order valence-electron chi connectivity index (χ1n) is 6.88. The van der Waals surface area contributed by atoms with E-state index in [2.05, 4.69) is 16.6 Å². The monoisotopic (exact) mass is 321 g/mol. The van der Waals surface area contributed by atoms with Crippen LogP contribution in [0, 0.1) is 0 Å². The van der Waals surface area contributed by atoms with Crippen LogP contribution in [0.15, 0.2) is 43.0 Å². The highest BCUT2D eigenvalue weighted by molar-refractivity contribution is 5.86. The maximum absolute atomic E-state index is 11.7. The number of alkyl carbamates (subject to hydrolysis) is 1. The highest BCUT2D eigenvalue weighted by Crippen LogP contribution is 2.03. The first-order valence-corrected chi connectivity index (χ1v) is 6.88. The van der Waals surface area contributed by atoms with Crippen molar-refractivity contribution < 1.29 is 28.6 Å². The van der Waals surface area contributed by atoms with E-state index in [-0.39, 0.29) is 19.6 Å². The predicted octanol–water partition coefficient (Wildman–Crippen LogP) is 1.57. The molecule has 0 fully saturated rings. The van der Waals surface area contributed by atoms with Gasteiger partial charge in [-0.3, -0.25) is 4.79 Å². The fraction of sp³-hybridized carbons (Fsp3) is 0.312.